The molecule has 0 saturated carbocycles. The number of amides is 1. The summed E-state index contributed by atoms with van der Waals surface area (Å²) in [5.74, 6) is 0.0431. The van der Waals surface area contributed by atoms with Gasteiger partial charge >= 0.3 is 0 Å². The number of thioether (sulfide) groups is 1. The minimum absolute atomic E-state index is 0.0431. The predicted molar refractivity (Wildman–Crippen MR) is 93.8 cm³/mol. The molecule has 2 rings (SSSR count). The first-order valence-electron chi connectivity index (χ1n) is 6.54. The molecule has 1 atom stereocenters. The third kappa shape index (κ3) is 4.49. The Labute approximate surface area is 137 Å². The second-order valence-electron chi connectivity index (χ2n) is 4.70. The number of hydrogen-bond acceptors (Lipinski definition) is 5. The van der Waals surface area contributed by atoms with Crippen molar-refractivity contribution in [2.75, 3.05) is 11.6 Å². The number of benzene rings is 1. The first kappa shape index (κ1) is 16.4. The molecule has 6 heteroatoms. The van der Waals surface area contributed by atoms with E-state index >= 15 is 0 Å². The van der Waals surface area contributed by atoms with Crippen LogP contribution in [0.5, 0.6) is 0 Å². The number of nitrogens with zero attached hydrogens (tertiary/aromatic N) is 1. The molecule has 112 valence electrons. The van der Waals surface area contributed by atoms with E-state index in [1.807, 2.05) is 44.5 Å². The average Bonchev–Trinajstić information content (AvgIpc) is 2.86. The van der Waals surface area contributed by atoms with Gasteiger partial charge in [0.25, 0.3) is 0 Å². The number of thiazole rings is 1. The van der Waals surface area contributed by atoms with Gasteiger partial charge in [-0.2, -0.15) is 11.8 Å². The molecule has 1 N–H and O–H groups in total. The van der Waals surface area contributed by atoms with Gasteiger partial charge in [0.05, 0.1) is 5.25 Å². The van der Waals surface area contributed by atoms with Crippen molar-refractivity contribution in [1.82, 2.24) is 4.98 Å². The Balaban J connectivity index is 2.08. The number of hydrogen-bond donors (Lipinski definition) is 1. The summed E-state index contributed by atoms with van der Waals surface area (Å²) in [6, 6.07) is 6.07. The summed E-state index contributed by atoms with van der Waals surface area (Å²) in [7, 11) is 0. The van der Waals surface area contributed by atoms with E-state index in [4.69, 9.17) is 0 Å². The summed E-state index contributed by atoms with van der Waals surface area (Å²) < 4.78 is 1.04. The van der Waals surface area contributed by atoms with Crippen LogP contribution in [0.4, 0.5) is 5.69 Å². The highest BCUT2D eigenvalue weighted by Crippen LogP contribution is 2.32. The molecule has 3 nitrogen and oxygen atoms in total. The fraction of sp³-hybridized carbons (Fsp3) is 0.333. The zero-order chi connectivity index (χ0) is 15.4. The Morgan fingerprint density at radius 3 is 2.71 bits per heavy atom. The number of rotatable bonds is 5. The lowest BCUT2D eigenvalue weighted by Gasteiger charge is -2.12. The summed E-state index contributed by atoms with van der Waals surface area (Å²) in [6.45, 7) is 5.91. The molecule has 1 heterocycles. The second kappa shape index (κ2) is 7.33. The highest BCUT2D eigenvalue weighted by Gasteiger charge is 2.12. The molecule has 0 bridgehead atoms. The number of anilines is 1. The maximum atomic E-state index is 11.9. The van der Waals surface area contributed by atoms with Crippen molar-refractivity contribution in [2.45, 2.75) is 35.3 Å². The third-order valence-corrected chi connectivity index (χ3v) is 5.95. The normalized spacial score (nSPS) is 12.2. The molecule has 0 saturated heterocycles. The summed E-state index contributed by atoms with van der Waals surface area (Å²) in [5.41, 5.74) is 2.99. The van der Waals surface area contributed by atoms with Gasteiger partial charge in [-0.15, -0.1) is 11.3 Å². The van der Waals surface area contributed by atoms with Crippen LogP contribution >= 0.6 is 34.9 Å². The smallest absolute Gasteiger partial charge is 0.237 e. The van der Waals surface area contributed by atoms with E-state index in [1.165, 1.54) is 0 Å². The number of nitrogens with one attached hydrogen (secondary N) is 1. The van der Waals surface area contributed by atoms with Crippen LogP contribution in [-0.2, 0) is 4.79 Å². The molecule has 2 aromatic rings. The Hall–Kier alpha value is -0.980. The summed E-state index contributed by atoms with van der Waals surface area (Å²) >= 11 is 4.85. The van der Waals surface area contributed by atoms with Gasteiger partial charge in [0.1, 0.15) is 0 Å². The largest absolute Gasteiger partial charge is 0.325 e. The summed E-state index contributed by atoms with van der Waals surface area (Å²) in [4.78, 5) is 17.5. The van der Waals surface area contributed by atoms with E-state index in [2.05, 4.69) is 16.4 Å². The van der Waals surface area contributed by atoms with E-state index < -0.39 is 0 Å². The summed E-state index contributed by atoms with van der Waals surface area (Å²) in [5, 5.41) is 4.98. The molecule has 21 heavy (non-hydrogen) atoms. The lowest BCUT2D eigenvalue weighted by atomic mass is 10.2. The van der Waals surface area contributed by atoms with E-state index in [0.717, 1.165) is 26.2 Å². The van der Waals surface area contributed by atoms with Crippen LogP contribution in [0.15, 0.2) is 32.8 Å². The monoisotopic (exact) mass is 338 g/mol. The fourth-order valence-electron chi connectivity index (χ4n) is 1.66. The van der Waals surface area contributed by atoms with Gasteiger partial charge < -0.3 is 5.32 Å². The van der Waals surface area contributed by atoms with E-state index in [-0.39, 0.29) is 11.2 Å². The number of carbonyl (C=O) groups is 1. The Morgan fingerprint density at radius 1 is 1.38 bits per heavy atom. The van der Waals surface area contributed by atoms with Crippen molar-refractivity contribution in [3.63, 3.8) is 0 Å². The Bertz CT molecular complexity index is 640. The van der Waals surface area contributed by atoms with Gasteiger partial charge in [0.15, 0.2) is 4.34 Å². The molecular weight excluding hydrogens is 320 g/mol. The van der Waals surface area contributed by atoms with E-state index in [1.54, 1.807) is 34.9 Å². The first-order valence-corrected chi connectivity index (χ1v) is 9.52. The summed E-state index contributed by atoms with van der Waals surface area (Å²) in [6.07, 6.45) is 1.94. The van der Waals surface area contributed by atoms with Crippen LogP contribution in [0.25, 0.3) is 0 Å². The van der Waals surface area contributed by atoms with E-state index in [9.17, 15) is 4.79 Å². The van der Waals surface area contributed by atoms with Gasteiger partial charge in [-0.25, -0.2) is 4.98 Å². The zero-order valence-corrected chi connectivity index (χ0v) is 14.9. The SMILES string of the molecule is CS[C@H](C)C(=O)Nc1ccc(Sc2nc(C)cs2)cc1C. The van der Waals surface area contributed by atoms with Gasteiger partial charge in [-0.1, -0.05) is 11.8 Å². The van der Waals surface area contributed by atoms with Crippen molar-refractivity contribution in [3.05, 3.63) is 34.8 Å². The van der Waals surface area contributed by atoms with Crippen LogP contribution in [-0.4, -0.2) is 22.4 Å². The first-order chi connectivity index (χ1) is 9.99. The fourth-order valence-corrected chi connectivity index (χ4v) is 3.84. The lowest BCUT2D eigenvalue weighted by molar-refractivity contribution is -0.115. The van der Waals surface area contributed by atoms with Crippen LogP contribution in [0.1, 0.15) is 18.2 Å². The zero-order valence-electron chi connectivity index (χ0n) is 12.5. The quantitative estimate of drug-likeness (QED) is 0.865. The van der Waals surface area contributed by atoms with Gasteiger partial charge in [-0.05, 0) is 50.8 Å². The number of carbonyl (C=O) groups excluding carboxylic acids is 1. The van der Waals surface area contributed by atoms with Gasteiger partial charge in [0.2, 0.25) is 5.91 Å². The molecule has 1 aromatic heterocycles. The maximum Gasteiger partial charge on any atom is 0.237 e. The van der Waals surface area contributed by atoms with Crippen LogP contribution in [0, 0.1) is 13.8 Å². The molecule has 0 spiro atoms. The number of aryl methyl sites for hydroxylation is 2. The molecule has 0 aliphatic rings. The standard InChI is InChI=1S/C15H18N2OS3/c1-9-7-12(21-15-16-10(2)8-20-15)5-6-13(9)17-14(18)11(3)19-4/h5-8,11H,1-4H3,(H,17,18)/t11-/m1/s1. The van der Waals surface area contributed by atoms with Gasteiger partial charge in [0, 0.05) is 21.7 Å². The molecule has 0 radical (unpaired) electrons. The molecule has 0 aliphatic carbocycles. The third-order valence-electron chi connectivity index (χ3n) is 2.98. The molecular formula is C15H18N2OS3. The van der Waals surface area contributed by atoms with Crippen molar-refractivity contribution >= 4 is 46.5 Å². The second-order valence-corrected chi connectivity index (χ2v) is 8.06. The van der Waals surface area contributed by atoms with E-state index in [0.29, 0.717) is 0 Å². The van der Waals surface area contributed by atoms with Gasteiger partial charge in [-0.3, -0.25) is 4.79 Å². The van der Waals surface area contributed by atoms with Crippen molar-refractivity contribution in [3.8, 4) is 0 Å². The highest BCUT2D eigenvalue weighted by atomic mass is 32.2. The minimum atomic E-state index is -0.0447. The molecule has 0 unspecified atom stereocenters. The molecule has 1 aromatic carbocycles. The van der Waals surface area contributed by atoms with Crippen molar-refractivity contribution in [1.29, 1.82) is 0 Å². The van der Waals surface area contributed by atoms with Crippen molar-refractivity contribution in [2.24, 2.45) is 0 Å². The van der Waals surface area contributed by atoms with Crippen LogP contribution in [0.2, 0.25) is 0 Å². The average molecular weight is 339 g/mol. The van der Waals surface area contributed by atoms with Crippen LogP contribution in [0.3, 0.4) is 0 Å². The molecule has 0 fully saturated rings. The van der Waals surface area contributed by atoms with Crippen molar-refractivity contribution < 1.29 is 4.79 Å². The minimum Gasteiger partial charge on any atom is -0.325 e. The maximum absolute atomic E-state index is 11.9. The predicted octanol–water partition coefficient (Wildman–Crippen LogP) is 4.60. The lowest BCUT2D eigenvalue weighted by Crippen LogP contribution is -2.22. The van der Waals surface area contributed by atoms with Crippen LogP contribution < -0.4 is 5.32 Å². The highest BCUT2D eigenvalue weighted by molar-refractivity contribution is 8.01. The Kier molecular flexibility index (Phi) is 5.72. The molecule has 1 amide bonds. The topological polar surface area (TPSA) is 42.0 Å². The molecule has 0 aliphatic heterocycles. The Morgan fingerprint density at radius 2 is 2.14 bits per heavy atom. The number of aromatic nitrogens is 1.